The minimum absolute atomic E-state index is 0. The van der Waals surface area contributed by atoms with Crippen molar-refractivity contribution in [2.75, 3.05) is 6.61 Å². The molecule has 0 spiro atoms. The summed E-state index contributed by atoms with van der Waals surface area (Å²) in [5, 5.41) is 29.9. The fourth-order valence-corrected chi connectivity index (χ4v) is 8.57. The van der Waals surface area contributed by atoms with Gasteiger partial charge in [0.25, 0.3) is 5.56 Å². The molecule has 366 valence electrons. The number of benzene rings is 2. The number of ether oxygens (including phenoxy) is 1. The molecule has 0 aliphatic carbocycles. The topological polar surface area (TPSA) is 230 Å². The Morgan fingerprint density at radius 1 is 0.603 bits per heavy atom. The zero-order chi connectivity index (χ0) is 49.2. The van der Waals surface area contributed by atoms with Crippen LogP contribution in [0.4, 0.5) is 0 Å². The Hall–Kier alpha value is -8.35. The van der Waals surface area contributed by atoms with Crippen molar-refractivity contribution < 1.29 is 34.4 Å². The molecule has 0 radical (unpaired) electrons. The molecule has 10 heterocycles. The molecule has 19 heteroatoms. The molecule has 1 unspecified atom stereocenters. The van der Waals surface area contributed by atoms with Gasteiger partial charge in [-0.05, 0) is 85.6 Å². The molecule has 73 heavy (non-hydrogen) atoms. The summed E-state index contributed by atoms with van der Waals surface area (Å²) in [6.45, 7) is 0.845. The third kappa shape index (κ3) is 11.1. The van der Waals surface area contributed by atoms with Crippen LogP contribution in [0.5, 0.6) is 0 Å². The predicted molar refractivity (Wildman–Crippen MR) is 272 cm³/mol. The van der Waals surface area contributed by atoms with Crippen LogP contribution in [-0.2, 0) is 37.3 Å². The van der Waals surface area contributed by atoms with Crippen molar-refractivity contribution >= 4 is 32.8 Å². The number of aromatic amines is 1. The van der Waals surface area contributed by atoms with Gasteiger partial charge in [-0.2, -0.15) is 0 Å². The first-order chi connectivity index (χ1) is 35.4. The molecule has 1 saturated heterocycles. The van der Waals surface area contributed by atoms with Gasteiger partial charge in [-0.3, -0.25) is 48.9 Å². The SMILES string of the molecule is O=c1[nH]c(=O)n([C@@H]2C[C@@H](O)C(CO)O2)cc1-c1cn(CCCCn2c(-c3ccccc3)nc3c4cccnc4c4ncccc4c32)nn1.[Ru].c1ccc(-c2ccccn2)nc1.c1ccc(-c2ccccn2)nc1. The molecule has 1 fully saturated rings. The van der Waals surface area contributed by atoms with Crippen LogP contribution < -0.4 is 11.2 Å². The smallest absolute Gasteiger partial charge is 0.330 e. The van der Waals surface area contributed by atoms with Crippen LogP contribution in [0.1, 0.15) is 25.5 Å². The summed E-state index contributed by atoms with van der Waals surface area (Å²) in [6.07, 6.45) is 12.7. The van der Waals surface area contributed by atoms with E-state index in [0.29, 0.717) is 18.8 Å². The Bertz CT molecular complexity index is 3530. The largest absolute Gasteiger partial charge is 0.394 e. The average molecular weight is 1060 g/mol. The third-order valence-electron chi connectivity index (χ3n) is 12.0. The number of aliphatic hydroxyl groups is 2. The maximum absolute atomic E-state index is 12.7. The molecule has 1 aliphatic rings. The van der Waals surface area contributed by atoms with Crippen LogP contribution in [0.2, 0.25) is 0 Å². The van der Waals surface area contributed by atoms with Gasteiger partial charge in [0.15, 0.2) is 0 Å². The van der Waals surface area contributed by atoms with Crippen LogP contribution in [0, 0.1) is 0 Å². The van der Waals surface area contributed by atoms with E-state index in [1.165, 1.54) is 10.8 Å². The van der Waals surface area contributed by atoms with Crippen molar-refractivity contribution in [1.29, 1.82) is 0 Å². The summed E-state index contributed by atoms with van der Waals surface area (Å²) >= 11 is 0. The van der Waals surface area contributed by atoms with Crippen molar-refractivity contribution in [2.45, 2.75) is 50.8 Å². The van der Waals surface area contributed by atoms with E-state index < -0.39 is 29.7 Å². The Morgan fingerprint density at radius 3 is 1.71 bits per heavy atom. The summed E-state index contributed by atoms with van der Waals surface area (Å²) < 4.78 is 10.8. The van der Waals surface area contributed by atoms with Crippen molar-refractivity contribution in [3.8, 4) is 45.4 Å². The Kier molecular flexibility index (Phi) is 15.8. The minimum atomic E-state index is -0.932. The quantitative estimate of drug-likeness (QED) is 0.0655. The second-order valence-electron chi connectivity index (χ2n) is 16.7. The standard InChI is InChI=1S/C34H31N9O5.2C10H8N2.Ru/c44-19-26-25(45)16-27(48-26)43-17-23(33(46)38-34(43)47)24-18-41(40-39-24)14-4-5-15-42-31-22-11-7-13-36-29(22)28-21(10-6-12-35-28)30(31)37-32(42)20-8-2-1-3-9-20;2*1-3-7-11-9(5-1)10-6-2-4-8-12-10;/h1-3,6-13,17-18,25-27,44-45H,4-5,14-16,19H2,(H,38,46,47);2*1-8H;/t25-,26?,27+;;;/m1.../s1. The molecule has 12 rings (SSSR count). The molecule has 1 aliphatic heterocycles. The summed E-state index contributed by atoms with van der Waals surface area (Å²) in [5.41, 5.74) is 7.39. The van der Waals surface area contributed by atoms with Crippen LogP contribution >= 0.6 is 0 Å². The van der Waals surface area contributed by atoms with Crippen molar-refractivity contribution in [3.05, 3.63) is 198 Å². The molecule has 0 saturated carbocycles. The van der Waals surface area contributed by atoms with Crippen LogP contribution in [0.3, 0.4) is 0 Å². The molecule has 3 atom stereocenters. The first-order valence-electron chi connectivity index (χ1n) is 23.4. The second-order valence-corrected chi connectivity index (χ2v) is 16.7. The average Bonchev–Trinajstić information content (AvgIpc) is 4.19. The zero-order valence-electron chi connectivity index (χ0n) is 39.1. The van der Waals surface area contributed by atoms with Crippen molar-refractivity contribution in [2.24, 2.45) is 0 Å². The number of hydrogen-bond donors (Lipinski definition) is 3. The van der Waals surface area contributed by atoms with Gasteiger partial charge in [-0.15, -0.1) is 5.10 Å². The van der Waals surface area contributed by atoms with Gasteiger partial charge in [-0.1, -0.05) is 59.8 Å². The number of imidazole rings is 1. The Labute approximate surface area is 429 Å². The van der Waals surface area contributed by atoms with E-state index in [1.807, 2.05) is 109 Å². The third-order valence-corrected chi connectivity index (χ3v) is 12.0. The first-order valence-corrected chi connectivity index (χ1v) is 23.4. The number of fused-ring (bicyclic) bond motifs is 6. The molecule has 9 aromatic heterocycles. The van der Waals surface area contributed by atoms with Crippen LogP contribution in [0.15, 0.2) is 187 Å². The molecular formula is C54H47N13O5Ru. The number of aliphatic hydroxyl groups excluding tert-OH is 2. The molecular weight excluding hydrogens is 1010 g/mol. The fourth-order valence-electron chi connectivity index (χ4n) is 8.57. The van der Waals surface area contributed by atoms with E-state index in [0.717, 1.165) is 79.8 Å². The number of rotatable bonds is 11. The van der Waals surface area contributed by atoms with E-state index >= 15 is 0 Å². The van der Waals surface area contributed by atoms with Gasteiger partial charge in [-0.25, -0.2) is 9.78 Å². The van der Waals surface area contributed by atoms with Crippen LogP contribution in [-0.4, -0.2) is 93.0 Å². The number of aromatic nitrogens is 13. The number of unbranched alkanes of at least 4 members (excludes halogenated alkanes) is 1. The molecule has 2 aromatic carbocycles. The van der Waals surface area contributed by atoms with E-state index in [9.17, 15) is 19.8 Å². The maximum atomic E-state index is 12.7. The number of nitrogens with zero attached hydrogens (tertiary/aromatic N) is 12. The second kappa shape index (κ2) is 23.3. The molecule has 11 aromatic rings. The zero-order valence-corrected chi connectivity index (χ0v) is 40.8. The molecule has 0 bridgehead atoms. The molecule has 18 nitrogen and oxygen atoms in total. The van der Waals surface area contributed by atoms with Crippen molar-refractivity contribution in [3.63, 3.8) is 0 Å². The summed E-state index contributed by atoms with van der Waals surface area (Å²) in [4.78, 5) is 58.9. The Morgan fingerprint density at radius 2 is 1.15 bits per heavy atom. The van der Waals surface area contributed by atoms with Crippen LogP contribution in [0.25, 0.3) is 78.3 Å². The monoisotopic (exact) mass is 1060 g/mol. The van der Waals surface area contributed by atoms with Gasteiger partial charge in [0.05, 0.1) is 69.3 Å². The van der Waals surface area contributed by atoms with E-state index in [4.69, 9.17) is 14.7 Å². The molecule has 3 N–H and O–H groups in total. The number of pyridine rings is 6. The normalized spacial score (nSPS) is 15.0. The van der Waals surface area contributed by atoms with Gasteiger partial charge in [0.1, 0.15) is 23.9 Å². The van der Waals surface area contributed by atoms with Gasteiger partial charge in [0.2, 0.25) is 0 Å². The predicted octanol–water partition coefficient (Wildman–Crippen LogP) is 7.31. The Balaban J connectivity index is 0.000000213. The summed E-state index contributed by atoms with van der Waals surface area (Å²) in [6, 6.07) is 41.3. The number of nitrogens with one attached hydrogen (secondary N) is 1. The van der Waals surface area contributed by atoms with Crippen molar-refractivity contribution in [1.82, 2.24) is 64.0 Å². The summed E-state index contributed by atoms with van der Waals surface area (Å²) in [5.74, 6) is 0.869. The molecule has 0 amide bonds. The van der Waals surface area contributed by atoms with Gasteiger partial charge in [0, 0.05) is 98.7 Å². The minimum Gasteiger partial charge on any atom is -0.394 e. The number of H-pyrrole nitrogens is 1. The van der Waals surface area contributed by atoms with E-state index in [-0.39, 0.29) is 38.1 Å². The van der Waals surface area contributed by atoms with E-state index in [2.05, 4.69) is 63.0 Å². The first kappa shape index (κ1) is 49.6. The van der Waals surface area contributed by atoms with Gasteiger partial charge >= 0.3 is 5.69 Å². The van der Waals surface area contributed by atoms with Gasteiger partial charge < -0.3 is 19.5 Å². The summed E-state index contributed by atoms with van der Waals surface area (Å²) in [7, 11) is 0. The number of hydrogen-bond acceptors (Lipinski definition) is 14. The fraction of sp³-hybridized carbons (Fsp3) is 0.167. The maximum Gasteiger partial charge on any atom is 0.330 e. The van der Waals surface area contributed by atoms with E-state index in [1.54, 1.807) is 48.1 Å². The number of aryl methyl sites for hydroxylation is 2.